The number of aliphatic carboxylic acids is 1. The lowest BCUT2D eigenvalue weighted by molar-refractivity contribution is -0.525. The number of guanidine groups is 1. The first kappa shape index (κ1) is 24.3. The highest BCUT2D eigenvalue weighted by Gasteiger charge is 2.38. The Labute approximate surface area is 151 Å². The van der Waals surface area contributed by atoms with Gasteiger partial charge in [0.05, 0.1) is 19.3 Å². The largest absolute Gasteiger partial charge is 0.490 e. The zero-order chi connectivity index (χ0) is 21.0. The highest BCUT2D eigenvalue weighted by atomic mass is 19.4. The fourth-order valence-corrected chi connectivity index (χ4v) is 1.78. The molecule has 156 valence electrons. The van der Waals surface area contributed by atoms with Gasteiger partial charge in [-0.25, -0.2) is 19.9 Å². The summed E-state index contributed by atoms with van der Waals surface area (Å²) in [6, 6.07) is -0.590. The zero-order valence-electron chi connectivity index (χ0n) is 14.1. The molecule has 0 aromatic rings. The molecule has 1 atom stereocenters. The van der Waals surface area contributed by atoms with E-state index in [0.717, 1.165) is 0 Å². The normalized spacial score (nSPS) is 16.0. The van der Waals surface area contributed by atoms with Crippen molar-refractivity contribution in [3.63, 3.8) is 0 Å². The van der Waals surface area contributed by atoms with Gasteiger partial charge in [-0.05, 0) is 12.8 Å². The summed E-state index contributed by atoms with van der Waals surface area (Å²) in [5, 5.41) is 16.4. The Balaban J connectivity index is 0.000000821. The van der Waals surface area contributed by atoms with E-state index in [1.807, 2.05) is 0 Å². The van der Waals surface area contributed by atoms with Crippen LogP contribution in [0.4, 0.5) is 13.2 Å². The van der Waals surface area contributed by atoms with E-state index in [1.165, 1.54) is 0 Å². The van der Waals surface area contributed by atoms with Gasteiger partial charge in [0.2, 0.25) is 5.91 Å². The number of carbonyl (C=O) groups is 2. The van der Waals surface area contributed by atoms with Crippen molar-refractivity contribution in [3.05, 3.63) is 10.1 Å². The average molecular weight is 402 g/mol. The Bertz CT molecular complexity index is 538. The van der Waals surface area contributed by atoms with Gasteiger partial charge in [-0.2, -0.15) is 13.2 Å². The summed E-state index contributed by atoms with van der Waals surface area (Å²) >= 11 is 0. The summed E-state index contributed by atoms with van der Waals surface area (Å²) in [5.41, 5.74) is 12.8. The number of carbonyl (C=O) groups excluding carboxylic acids is 1. The molecule has 0 aromatic heterocycles. The molecule has 0 aliphatic carbocycles. The zero-order valence-corrected chi connectivity index (χ0v) is 14.1. The van der Waals surface area contributed by atoms with E-state index in [-0.39, 0.29) is 18.4 Å². The molecule has 0 saturated carbocycles. The summed E-state index contributed by atoms with van der Waals surface area (Å²) in [7, 11) is 0. The van der Waals surface area contributed by atoms with Crippen LogP contribution in [0.5, 0.6) is 0 Å². The van der Waals surface area contributed by atoms with Gasteiger partial charge in [0, 0.05) is 19.6 Å². The highest BCUT2D eigenvalue weighted by molar-refractivity contribution is 5.81. The summed E-state index contributed by atoms with van der Waals surface area (Å²) < 4.78 is 36.9. The number of ether oxygens (including phenoxy) is 1. The van der Waals surface area contributed by atoms with Crippen molar-refractivity contribution < 1.29 is 37.6 Å². The van der Waals surface area contributed by atoms with E-state index in [1.54, 1.807) is 10.3 Å². The number of carboxylic acid groups (broad SMARTS) is 1. The van der Waals surface area contributed by atoms with Gasteiger partial charge in [0.15, 0.2) is 5.03 Å². The van der Waals surface area contributed by atoms with Gasteiger partial charge in [-0.3, -0.25) is 4.79 Å². The van der Waals surface area contributed by atoms with E-state index >= 15 is 0 Å². The van der Waals surface area contributed by atoms with Crippen LogP contribution in [-0.4, -0.2) is 77.9 Å². The van der Waals surface area contributed by atoms with Gasteiger partial charge in [0.1, 0.15) is 0 Å². The van der Waals surface area contributed by atoms with Crippen LogP contribution in [0, 0.1) is 10.1 Å². The van der Waals surface area contributed by atoms with E-state index in [2.05, 4.69) is 4.99 Å². The first-order valence-electron chi connectivity index (χ1n) is 7.58. The summed E-state index contributed by atoms with van der Waals surface area (Å²) in [6.07, 6.45) is -4.11. The highest BCUT2D eigenvalue weighted by Crippen LogP contribution is 2.13. The minimum absolute atomic E-state index is 0.103. The summed E-state index contributed by atoms with van der Waals surface area (Å²) in [4.78, 5) is 36.3. The number of morpholine rings is 1. The van der Waals surface area contributed by atoms with Crippen LogP contribution in [-0.2, 0) is 14.3 Å². The van der Waals surface area contributed by atoms with Crippen LogP contribution in [0.15, 0.2) is 4.99 Å². The van der Waals surface area contributed by atoms with Crippen LogP contribution < -0.4 is 16.9 Å². The lowest BCUT2D eigenvalue weighted by atomic mass is 10.1. The number of carboxylic acids is 1. The maximum absolute atomic E-state index is 12.0. The third-order valence-corrected chi connectivity index (χ3v) is 3.04. The number of amides is 1. The number of nitrogens with zero attached hydrogens (tertiary/aromatic N) is 3. The molecule has 0 radical (unpaired) electrons. The number of hydrogen-bond donors (Lipinski definition) is 4. The molecule has 1 amide bonds. The van der Waals surface area contributed by atoms with E-state index in [4.69, 9.17) is 26.1 Å². The second-order valence-electron chi connectivity index (χ2n) is 5.13. The average Bonchev–Trinajstić information content (AvgIpc) is 2.57. The Hall–Kier alpha value is -2.68. The number of alkyl halides is 3. The number of hydrazine groups is 1. The van der Waals surface area contributed by atoms with Crippen molar-refractivity contribution in [2.45, 2.75) is 25.1 Å². The molecule has 1 heterocycles. The van der Waals surface area contributed by atoms with Gasteiger partial charge >= 0.3 is 12.1 Å². The molecule has 0 bridgehead atoms. The van der Waals surface area contributed by atoms with Crippen molar-refractivity contribution >= 4 is 17.8 Å². The Kier molecular flexibility index (Phi) is 10.7. The number of nitro groups is 1. The van der Waals surface area contributed by atoms with Crippen LogP contribution in [0.2, 0.25) is 0 Å². The lowest BCUT2D eigenvalue weighted by Gasteiger charge is -2.29. The van der Waals surface area contributed by atoms with Crippen LogP contribution in [0.1, 0.15) is 12.8 Å². The Morgan fingerprint density at radius 3 is 2.33 bits per heavy atom. The molecule has 0 spiro atoms. The van der Waals surface area contributed by atoms with E-state index < -0.39 is 23.2 Å². The molecule has 27 heavy (non-hydrogen) atoms. The molecule has 1 rings (SSSR count). The number of nitrogens with two attached hydrogens (primary N) is 2. The number of halogens is 3. The molecule has 1 saturated heterocycles. The van der Waals surface area contributed by atoms with Crippen molar-refractivity contribution in [3.8, 4) is 0 Å². The second kappa shape index (κ2) is 11.8. The van der Waals surface area contributed by atoms with Crippen molar-refractivity contribution in [1.82, 2.24) is 10.3 Å². The van der Waals surface area contributed by atoms with Gasteiger partial charge < -0.3 is 26.2 Å². The number of hydrogen-bond acceptors (Lipinski definition) is 7. The smallest absolute Gasteiger partial charge is 0.475 e. The lowest BCUT2D eigenvalue weighted by Crippen LogP contribution is -2.48. The molecule has 15 heteroatoms. The third kappa shape index (κ3) is 11.5. The van der Waals surface area contributed by atoms with Gasteiger partial charge in [-0.15, -0.1) is 0 Å². The van der Waals surface area contributed by atoms with Crippen LogP contribution >= 0.6 is 0 Å². The number of aliphatic imine (C=N–C) groups is 1. The standard InChI is InChI=1S/C10H20N6O4.C2HF3O2/c11-8(9(17)15-4-6-20-7-5-15)2-1-3-13-10(12)14-16(18)19;3-2(4,5)1(6)7/h8H,1-7,11H2,(H3,12,13,14);(H,6,7)/t8-;/m0./s1. The van der Waals surface area contributed by atoms with Gasteiger partial charge in [-0.1, -0.05) is 5.43 Å². The molecule has 0 unspecified atom stereocenters. The minimum Gasteiger partial charge on any atom is -0.475 e. The van der Waals surface area contributed by atoms with Crippen molar-refractivity contribution in [2.24, 2.45) is 16.5 Å². The maximum Gasteiger partial charge on any atom is 0.490 e. The fraction of sp³-hybridized carbons (Fsp3) is 0.750. The van der Waals surface area contributed by atoms with E-state index in [0.29, 0.717) is 39.1 Å². The predicted molar refractivity (Wildman–Crippen MR) is 84.9 cm³/mol. The first-order chi connectivity index (χ1) is 12.4. The second-order valence-corrected chi connectivity index (χ2v) is 5.13. The van der Waals surface area contributed by atoms with Crippen molar-refractivity contribution in [2.75, 3.05) is 32.8 Å². The monoisotopic (exact) mass is 402 g/mol. The number of rotatable bonds is 6. The Morgan fingerprint density at radius 1 is 1.37 bits per heavy atom. The number of nitrogens with one attached hydrogen (secondary N) is 1. The molecular formula is C12H21F3N6O6. The van der Waals surface area contributed by atoms with Gasteiger partial charge in [0.25, 0.3) is 5.96 Å². The SMILES string of the molecule is NC(=NCCC[C@H](N)C(=O)N1CCOCC1)N[N+](=O)[O-].O=C(O)C(F)(F)F. The maximum atomic E-state index is 12.0. The quantitative estimate of drug-likeness (QED) is 0.137. The van der Waals surface area contributed by atoms with Crippen LogP contribution in [0.3, 0.4) is 0 Å². The first-order valence-corrected chi connectivity index (χ1v) is 7.58. The van der Waals surface area contributed by atoms with Crippen molar-refractivity contribution in [1.29, 1.82) is 0 Å². The topological polar surface area (TPSA) is 186 Å². The molecule has 12 nitrogen and oxygen atoms in total. The predicted octanol–water partition coefficient (Wildman–Crippen LogP) is -1.32. The molecular weight excluding hydrogens is 381 g/mol. The third-order valence-electron chi connectivity index (χ3n) is 3.04. The molecule has 1 aliphatic heterocycles. The minimum atomic E-state index is -5.08. The molecule has 0 aromatic carbocycles. The van der Waals surface area contributed by atoms with E-state index in [9.17, 15) is 28.1 Å². The molecule has 1 fully saturated rings. The fourth-order valence-electron chi connectivity index (χ4n) is 1.78. The summed E-state index contributed by atoms with van der Waals surface area (Å²) in [6.45, 7) is 2.46. The Morgan fingerprint density at radius 2 is 1.89 bits per heavy atom. The summed E-state index contributed by atoms with van der Waals surface area (Å²) in [5.74, 6) is -3.12. The van der Waals surface area contributed by atoms with Crippen LogP contribution in [0.25, 0.3) is 0 Å². The molecule has 6 N–H and O–H groups in total. The molecule has 1 aliphatic rings.